The zero-order valence-corrected chi connectivity index (χ0v) is 17.3. The Kier molecular flexibility index (Phi) is 7.19. The van der Waals surface area contributed by atoms with Gasteiger partial charge in [0.05, 0.1) is 47.7 Å². The molecule has 7 nitrogen and oxygen atoms in total. The molecule has 0 fully saturated rings. The molecule has 0 bridgehead atoms. The Morgan fingerprint density at radius 2 is 1.52 bits per heavy atom. The molecule has 2 aromatic rings. The summed E-state index contributed by atoms with van der Waals surface area (Å²) >= 11 is 12.3. The monoisotopic (exact) mass is 437 g/mol. The van der Waals surface area contributed by atoms with Crippen LogP contribution in [0.4, 0.5) is 11.4 Å². The molecule has 0 saturated heterocycles. The second-order valence-electron chi connectivity index (χ2n) is 6.58. The molecule has 1 aliphatic rings. The van der Waals surface area contributed by atoms with E-state index in [-0.39, 0.29) is 24.9 Å². The Balaban J connectivity index is 1.54. The molecule has 2 aromatic carbocycles. The molecule has 1 aliphatic heterocycles. The van der Waals surface area contributed by atoms with Crippen molar-refractivity contribution >= 4 is 46.4 Å². The van der Waals surface area contributed by atoms with E-state index in [2.05, 4.69) is 10.6 Å². The predicted octanol–water partition coefficient (Wildman–Crippen LogP) is 3.66. The van der Waals surface area contributed by atoms with Gasteiger partial charge in [-0.05, 0) is 19.2 Å². The van der Waals surface area contributed by atoms with Crippen molar-refractivity contribution in [2.45, 2.75) is 6.42 Å². The molecule has 0 unspecified atom stereocenters. The van der Waals surface area contributed by atoms with Gasteiger partial charge in [0.25, 0.3) is 0 Å². The molecule has 0 aromatic heterocycles. The summed E-state index contributed by atoms with van der Waals surface area (Å²) in [7, 11) is 1.67. The van der Waals surface area contributed by atoms with Crippen LogP contribution in [0.25, 0.3) is 0 Å². The third kappa shape index (κ3) is 6.00. The highest BCUT2D eigenvalue weighted by Crippen LogP contribution is 2.37. The second kappa shape index (κ2) is 9.82. The van der Waals surface area contributed by atoms with E-state index in [9.17, 15) is 9.59 Å². The number of fused-ring (bicyclic) bond motifs is 1. The van der Waals surface area contributed by atoms with Crippen molar-refractivity contribution < 1.29 is 19.1 Å². The number of hydrogen-bond donors (Lipinski definition) is 2. The molecule has 1 heterocycles. The van der Waals surface area contributed by atoms with E-state index in [1.54, 1.807) is 48.3 Å². The van der Waals surface area contributed by atoms with Crippen molar-refractivity contribution in [2.24, 2.45) is 0 Å². The van der Waals surface area contributed by atoms with Gasteiger partial charge in [-0.2, -0.15) is 0 Å². The summed E-state index contributed by atoms with van der Waals surface area (Å²) in [6.07, 6.45) is 0.773. The molecule has 2 amide bonds. The van der Waals surface area contributed by atoms with Crippen molar-refractivity contribution in [3.8, 4) is 11.5 Å². The van der Waals surface area contributed by atoms with Gasteiger partial charge < -0.3 is 20.1 Å². The average Bonchev–Trinajstić information content (AvgIpc) is 2.88. The predicted molar refractivity (Wildman–Crippen MR) is 113 cm³/mol. The fourth-order valence-electron chi connectivity index (χ4n) is 2.77. The van der Waals surface area contributed by atoms with Crippen LogP contribution in [0.3, 0.4) is 0 Å². The van der Waals surface area contributed by atoms with E-state index >= 15 is 0 Å². The Labute approximate surface area is 178 Å². The second-order valence-corrected chi connectivity index (χ2v) is 7.39. The number of hydrogen-bond acceptors (Lipinski definition) is 5. The molecule has 0 atom stereocenters. The lowest BCUT2D eigenvalue weighted by atomic mass is 10.2. The fraction of sp³-hybridized carbons (Fsp3) is 0.300. The third-order valence-electron chi connectivity index (χ3n) is 4.09. The summed E-state index contributed by atoms with van der Waals surface area (Å²) in [5.41, 5.74) is 0.950. The minimum absolute atomic E-state index is 0.000707. The van der Waals surface area contributed by atoms with E-state index in [0.717, 1.165) is 6.42 Å². The summed E-state index contributed by atoms with van der Waals surface area (Å²) in [5, 5.41) is 6.26. The molecule has 154 valence electrons. The summed E-state index contributed by atoms with van der Waals surface area (Å²) in [4.78, 5) is 26.1. The van der Waals surface area contributed by atoms with Crippen LogP contribution in [0.15, 0.2) is 36.4 Å². The van der Waals surface area contributed by atoms with E-state index in [4.69, 9.17) is 32.7 Å². The number of ether oxygens (including phenoxy) is 2. The first kappa shape index (κ1) is 21.2. The summed E-state index contributed by atoms with van der Waals surface area (Å²) in [6.45, 7) is 1.11. The van der Waals surface area contributed by atoms with E-state index in [0.29, 0.717) is 46.1 Å². The fourth-order valence-corrected chi connectivity index (χ4v) is 3.15. The van der Waals surface area contributed by atoms with Gasteiger partial charge in [-0.1, -0.05) is 35.3 Å². The molecular formula is C20H21Cl2N3O4. The van der Waals surface area contributed by atoms with E-state index in [1.807, 2.05) is 0 Å². The number of benzene rings is 2. The SMILES string of the molecule is CN(CC(=O)Nc1ccccc1Cl)CC(=O)Nc1cc2c(cc1Cl)OCCCO2. The Bertz CT molecular complexity index is 907. The quantitative estimate of drug-likeness (QED) is 0.720. The van der Waals surface area contributed by atoms with Gasteiger partial charge in [0.2, 0.25) is 11.8 Å². The highest BCUT2D eigenvalue weighted by molar-refractivity contribution is 6.34. The van der Waals surface area contributed by atoms with Crippen LogP contribution in [0.2, 0.25) is 10.0 Å². The number of carbonyl (C=O) groups is 2. The van der Waals surface area contributed by atoms with Crippen LogP contribution >= 0.6 is 23.2 Å². The lowest BCUT2D eigenvalue weighted by Crippen LogP contribution is -2.36. The molecule has 0 saturated carbocycles. The lowest BCUT2D eigenvalue weighted by Gasteiger charge is -2.17. The van der Waals surface area contributed by atoms with Crippen LogP contribution in [0.1, 0.15) is 6.42 Å². The highest BCUT2D eigenvalue weighted by atomic mass is 35.5. The smallest absolute Gasteiger partial charge is 0.238 e. The maximum atomic E-state index is 12.4. The normalized spacial score (nSPS) is 13.0. The largest absolute Gasteiger partial charge is 0.490 e. The maximum Gasteiger partial charge on any atom is 0.238 e. The number of carbonyl (C=O) groups excluding carboxylic acids is 2. The summed E-state index contributed by atoms with van der Waals surface area (Å²) in [6, 6.07) is 10.2. The van der Waals surface area contributed by atoms with Crippen molar-refractivity contribution in [1.82, 2.24) is 4.90 Å². The minimum atomic E-state index is -0.311. The molecule has 0 aliphatic carbocycles. The molecule has 3 rings (SSSR count). The Morgan fingerprint density at radius 3 is 2.17 bits per heavy atom. The van der Waals surface area contributed by atoms with Gasteiger partial charge in [-0.3, -0.25) is 14.5 Å². The van der Waals surface area contributed by atoms with Gasteiger partial charge in [0, 0.05) is 18.6 Å². The van der Waals surface area contributed by atoms with Gasteiger partial charge in [0.15, 0.2) is 11.5 Å². The van der Waals surface area contributed by atoms with Gasteiger partial charge >= 0.3 is 0 Å². The third-order valence-corrected chi connectivity index (χ3v) is 4.73. The number of para-hydroxylation sites is 1. The van der Waals surface area contributed by atoms with Crippen molar-refractivity contribution in [1.29, 1.82) is 0 Å². The summed E-state index contributed by atoms with van der Waals surface area (Å²) < 4.78 is 11.2. The molecule has 0 radical (unpaired) electrons. The lowest BCUT2D eigenvalue weighted by molar-refractivity contribution is -0.119. The van der Waals surface area contributed by atoms with Crippen LogP contribution < -0.4 is 20.1 Å². The van der Waals surface area contributed by atoms with Crippen molar-refractivity contribution in [3.05, 3.63) is 46.4 Å². The number of nitrogens with one attached hydrogen (secondary N) is 2. The number of likely N-dealkylation sites (N-methyl/N-ethyl adjacent to an activating group) is 1. The van der Waals surface area contributed by atoms with Crippen LogP contribution in [-0.2, 0) is 9.59 Å². The van der Waals surface area contributed by atoms with E-state index in [1.165, 1.54) is 0 Å². The molecule has 9 heteroatoms. The number of anilines is 2. The standard InChI is InChI=1S/C20H21Cl2N3O4/c1-25(11-19(26)23-15-6-3-2-5-13(15)21)12-20(27)24-16-10-18-17(9-14(16)22)28-7-4-8-29-18/h2-3,5-6,9-10H,4,7-8,11-12H2,1H3,(H,23,26)(H,24,27). The number of nitrogens with zero attached hydrogens (tertiary/aromatic N) is 1. The topological polar surface area (TPSA) is 79.9 Å². The van der Waals surface area contributed by atoms with E-state index < -0.39 is 0 Å². The average molecular weight is 438 g/mol. The van der Waals surface area contributed by atoms with Crippen LogP contribution in [0, 0.1) is 0 Å². The molecule has 29 heavy (non-hydrogen) atoms. The first-order valence-electron chi connectivity index (χ1n) is 9.04. The van der Waals surface area contributed by atoms with Crippen molar-refractivity contribution in [3.63, 3.8) is 0 Å². The Hall–Kier alpha value is -2.48. The van der Waals surface area contributed by atoms with Gasteiger partial charge in [0.1, 0.15) is 0 Å². The zero-order chi connectivity index (χ0) is 20.8. The summed E-state index contributed by atoms with van der Waals surface area (Å²) in [5.74, 6) is 0.505. The van der Waals surface area contributed by atoms with Crippen LogP contribution in [-0.4, -0.2) is 50.1 Å². The van der Waals surface area contributed by atoms with Crippen LogP contribution in [0.5, 0.6) is 11.5 Å². The zero-order valence-electron chi connectivity index (χ0n) is 15.8. The Morgan fingerprint density at radius 1 is 0.931 bits per heavy atom. The maximum absolute atomic E-state index is 12.4. The molecule has 0 spiro atoms. The van der Waals surface area contributed by atoms with Crippen molar-refractivity contribution in [2.75, 3.05) is 44.0 Å². The molecule has 2 N–H and O–H groups in total. The number of amides is 2. The van der Waals surface area contributed by atoms with Gasteiger partial charge in [-0.15, -0.1) is 0 Å². The molecular weight excluding hydrogens is 417 g/mol. The first-order chi connectivity index (χ1) is 13.9. The first-order valence-corrected chi connectivity index (χ1v) is 9.80. The number of rotatable bonds is 6. The highest BCUT2D eigenvalue weighted by Gasteiger charge is 2.17. The number of halogens is 2. The minimum Gasteiger partial charge on any atom is -0.490 e. The van der Waals surface area contributed by atoms with Gasteiger partial charge in [-0.25, -0.2) is 0 Å².